The standard InChI is InChI=1S/C7H10N3/c1-4-5(8)2-3-6(9)7(4)10/h2-3H,1,8-10H2. The molecule has 0 aromatic heterocycles. The second-order valence-electron chi connectivity index (χ2n) is 2.14. The van der Waals surface area contributed by atoms with Gasteiger partial charge < -0.3 is 17.2 Å². The van der Waals surface area contributed by atoms with Crippen molar-refractivity contribution in [2.24, 2.45) is 0 Å². The van der Waals surface area contributed by atoms with Crippen LogP contribution < -0.4 is 17.2 Å². The van der Waals surface area contributed by atoms with Gasteiger partial charge in [0.1, 0.15) is 0 Å². The molecule has 0 saturated carbocycles. The molecule has 53 valence electrons. The van der Waals surface area contributed by atoms with Gasteiger partial charge in [-0.05, 0) is 19.1 Å². The Labute approximate surface area is 59.8 Å². The van der Waals surface area contributed by atoms with E-state index in [1.807, 2.05) is 0 Å². The molecule has 0 spiro atoms. The quantitative estimate of drug-likeness (QED) is 0.457. The number of benzene rings is 1. The lowest BCUT2D eigenvalue weighted by Gasteiger charge is -2.05. The summed E-state index contributed by atoms with van der Waals surface area (Å²) in [5, 5.41) is 0. The summed E-state index contributed by atoms with van der Waals surface area (Å²) in [5.74, 6) is 0. The molecule has 1 radical (unpaired) electrons. The van der Waals surface area contributed by atoms with Crippen LogP contribution in [0.15, 0.2) is 12.1 Å². The normalized spacial score (nSPS) is 9.70. The van der Waals surface area contributed by atoms with E-state index in [1.165, 1.54) is 0 Å². The first-order chi connectivity index (χ1) is 4.63. The van der Waals surface area contributed by atoms with E-state index in [4.69, 9.17) is 17.2 Å². The summed E-state index contributed by atoms with van der Waals surface area (Å²) >= 11 is 0. The van der Waals surface area contributed by atoms with Crippen LogP contribution in [-0.4, -0.2) is 0 Å². The minimum Gasteiger partial charge on any atom is -0.398 e. The lowest BCUT2D eigenvalue weighted by molar-refractivity contribution is 1.58. The summed E-state index contributed by atoms with van der Waals surface area (Å²) in [5.41, 5.74) is 18.7. The van der Waals surface area contributed by atoms with Crippen molar-refractivity contribution in [2.75, 3.05) is 17.2 Å². The van der Waals surface area contributed by atoms with Crippen LogP contribution in [0, 0.1) is 6.92 Å². The molecule has 1 rings (SSSR count). The van der Waals surface area contributed by atoms with Gasteiger partial charge in [0.15, 0.2) is 0 Å². The summed E-state index contributed by atoms with van der Waals surface area (Å²) in [6, 6.07) is 3.35. The molecule has 0 saturated heterocycles. The van der Waals surface area contributed by atoms with E-state index in [1.54, 1.807) is 12.1 Å². The van der Waals surface area contributed by atoms with Gasteiger partial charge >= 0.3 is 0 Å². The maximum absolute atomic E-state index is 5.52. The molecule has 0 unspecified atom stereocenters. The number of rotatable bonds is 0. The molecule has 0 bridgehead atoms. The Kier molecular flexibility index (Phi) is 1.41. The Balaban J connectivity index is 3.34. The second-order valence-corrected chi connectivity index (χ2v) is 2.14. The topological polar surface area (TPSA) is 78.1 Å². The SMILES string of the molecule is [CH2]c1c(N)ccc(N)c1N. The monoisotopic (exact) mass is 136 g/mol. The highest BCUT2D eigenvalue weighted by Crippen LogP contribution is 2.23. The lowest BCUT2D eigenvalue weighted by atomic mass is 10.1. The van der Waals surface area contributed by atoms with Crippen molar-refractivity contribution in [3.05, 3.63) is 24.6 Å². The average Bonchev–Trinajstić information content (AvgIpc) is 1.93. The van der Waals surface area contributed by atoms with E-state index in [0.717, 1.165) is 0 Å². The van der Waals surface area contributed by atoms with Crippen LogP contribution in [0.1, 0.15) is 5.56 Å². The third-order valence-electron chi connectivity index (χ3n) is 1.43. The molecule has 0 aliphatic heterocycles. The maximum atomic E-state index is 5.52. The largest absolute Gasteiger partial charge is 0.398 e. The Morgan fingerprint density at radius 1 is 1.00 bits per heavy atom. The molecule has 0 fully saturated rings. The van der Waals surface area contributed by atoms with Crippen molar-refractivity contribution < 1.29 is 0 Å². The summed E-state index contributed by atoms with van der Waals surface area (Å²) in [7, 11) is 0. The molecule has 3 nitrogen and oxygen atoms in total. The number of hydrogen-bond donors (Lipinski definition) is 3. The van der Waals surface area contributed by atoms with E-state index >= 15 is 0 Å². The molecule has 0 heterocycles. The van der Waals surface area contributed by atoms with Gasteiger partial charge in [-0.15, -0.1) is 0 Å². The van der Waals surface area contributed by atoms with E-state index in [9.17, 15) is 0 Å². The first kappa shape index (κ1) is 6.74. The fraction of sp³-hybridized carbons (Fsp3) is 0. The predicted octanol–water partition coefficient (Wildman–Crippen LogP) is 0.615. The van der Waals surface area contributed by atoms with Crippen molar-refractivity contribution in [2.45, 2.75) is 0 Å². The van der Waals surface area contributed by atoms with E-state index in [2.05, 4.69) is 6.92 Å². The Morgan fingerprint density at radius 3 is 2.00 bits per heavy atom. The zero-order valence-corrected chi connectivity index (χ0v) is 5.59. The molecule has 0 atom stereocenters. The number of nitrogens with two attached hydrogens (primary N) is 3. The third-order valence-corrected chi connectivity index (χ3v) is 1.43. The Hall–Kier alpha value is -1.38. The van der Waals surface area contributed by atoms with Crippen LogP contribution in [0.25, 0.3) is 0 Å². The van der Waals surface area contributed by atoms with E-state index < -0.39 is 0 Å². The number of hydrogen-bond acceptors (Lipinski definition) is 3. The number of anilines is 3. The smallest absolute Gasteiger partial charge is 0.0601 e. The highest BCUT2D eigenvalue weighted by molar-refractivity contribution is 5.75. The van der Waals surface area contributed by atoms with Crippen LogP contribution in [0.3, 0.4) is 0 Å². The minimum atomic E-state index is 0.472. The maximum Gasteiger partial charge on any atom is 0.0601 e. The molecule has 10 heavy (non-hydrogen) atoms. The molecule has 1 aromatic rings. The van der Waals surface area contributed by atoms with Gasteiger partial charge in [-0.2, -0.15) is 0 Å². The highest BCUT2D eigenvalue weighted by Gasteiger charge is 2.00. The fourth-order valence-corrected chi connectivity index (χ4v) is 0.700. The van der Waals surface area contributed by atoms with Crippen LogP contribution in [0.2, 0.25) is 0 Å². The fourth-order valence-electron chi connectivity index (χ4n) is 0.700. The van der Waals surface area contributed by atoms with Crippen molar-refractivity contribution in [1.82, 2.24) is 0 Å². The molecular weight excluding hydrogens is 126 g/mol. The first-order valence-corrected chi connectivity index (χ1v) is 2.88. The van der Waals surface area contributed by atoms with Crippen molar-refractivity contribution >= 4 is 17.1 Å². The van der Waals surface area contributed by atoms with E-state index in [-0.39, 0.29) is 0 Å². The van der Waals surface area contributed by atoms with Crippen LogP contribution in [0.4, 0.5) is 17.1 Å². The Morgan fingerprint density at radius 2 is 1.50 bits per heavy atom. The summed E-state index contributed by atoms with van der Waals surface area (Å²) in [6.07, 6.45) is 0. The highest BCUT2D eigenvalue weighted by atomic mass is 14.7. The Bertz CT molecular complexity index is 228. The zero-order valence-electron chi connectivity index (χ0n) is 5.59. The van der Waals surface area contributed by atoms with Crippen molar-refractivity contribution in [3.63, 3.8) is 0 Å². The van der Waals surface area contributed by atoms with Gasteiger partial charge in [-0.3, -0.25) is 0 Å². The molecule has 1 aromatic carbocycles. The van der Waals surface area contributed by atoms with Crippen molar-refractivity contribution in [1.29, 1.82) is 0 Å². The van der Waals surface area contributed by atoms with Crippen LogP contribution in [-0.2, 0) is 0 Å². The first-order valence-electron chi connectivity index (χ1n) is 2.88. The minimum absolute atomic E-state index is 0.472. The predicted molar refractivity (Wildman–Crippen MR) is 44.1 cm³/mol. The second kappa shape index (κ2) is 2.10. The van der Waals surface area contributed by atoms with Gasteiger partial charge in [0.2, 0.25) is 0 Å². The van der Waals surface area contributed by atoms with Crippen molar-refractivity contribution in [3.8, 4) is 0 Å². The summed E-state index contributed by atoms with van der Waals surface area (Å²) < 4.78 is 0. The van der Waals surface area contributed by atoms with Crippen LogP contribution in [0.5, 0.6) is 0 Å². The van der Waals surface area contributed by atoms with Crippen LogP contribution >= 0.6 is 0 Å². The van der Waals surface area contributed by atoms with Gasteiger partial charge in [0, 0.05) is 11.3 Å². The van der Waals surface area contributed by atoms with E-state index in [0.29, 0.717) is 22.6 Å². The molecule has 6 N–H and O–H groups in total. The van der Waals surface area contributed by atoms with Gasteiger partial charge in [-0.1, -0.05) is 0 Å². The molecule has 0 aliphatic carbocycles. The van der Waals surface area contributed by atoms with Gasteiger partial charge in [0.05, 0.1) is 11.4 Å². The third kappa shape index (κ3) is 0.857. The summed E-state index contributed by atoms with van der Waals surface area (Å²) in [4.78, 5) is 0. The molecule has 0 aliphatic rings. The van der Waals surface area contributed by atoms with Gasteiger partial charge in [0.25, 0.3) is 0 Å². The van der Waals surface area contributed by atoms with Gasteiger partial charge in [-0.25, -0.2) is 0 Å². The number of nitrogen functional groups attached to an aromatic ring is 3. The molecule has 3 heteroatoms. The average molecular weight is 136 g/mol. The lowest BCUT2D eigenvalue weighted by Crippen LogP contribution is -2.00. The molecular formula is C7H10N3. The summed E-state index contributed by atoms with van der Waals surface area (Å²) in [6.45, 7) is 3.65. The molecule has 0 amide bonds. The zero-order chi connectivity index (χ0) is 7.72.